The zero-order valence-corrected chi connectivity index (χ0v) is 13.0. The summed E-state index contributed by atoms with van der Waals surface area (Å²) >= 11 is 5.81. The minimum Gasteiger partial charge on any atom is -0.390 e. The molecule has 0 fully saturated rings. The molecule has 0 radical (unpaired) electrons. The molecule has 25 heavy (non-hydrogen) atoms. The standard InChI is InChI=1S/C16H8ClF3N2O3/c17-11-5-2-6-12(8-11)22-14(23)21-13(25-15(22)24)9-3-1-4-10(7-9)16(18,19)20/h1-8H. The van der Waals surface area contributed by atoms with Gasteiger partial charge >= 0.3 is 17.6 Å². The highest BCUT2D eigenvalue weighted by Gasteiger charge is 2.30. The van der Waals surface area contributed by atoms with E-state index >= 15 is 0 Å². The molecule has 3 rings (SSSR count). The Bertz CT molecular complexity index is 1030. The van der Waals surface area contributed by atoms with Crippen molar-refractivity contribution in [3.05, 3.63) is 80.2 Å². The van der Waals surface area contributed by atoms with E-state index in [0.717, 1.165) is 18.2 Å². The summed E-state index contributed by atoms with van der Waals surface area (Å²) in [6.07, 6.45) is -4.58. The Morgan fingerprint density at radius 2 is 1.76 bits per heavy atom. The van der Waals surface area contributed by atoms with E-state index in [1.54, 1.807) is 6.07 Å². The molecule has 0 saturated heterocycles. The molecular formula is C16H8ClF3N2O3. The van der Waals surface area contributed by atoms with Gasteiger partial charge in [-0.15, -0.1) is 0 Å². The van der Waals surface area contributed by atoms with E-state index in [9.17, 15) is 22.8 Å². The summed E-state index contributed by atoms with van der Waals surface area (Å²) in [6.45, 7) is 0. The molecule has 128 valence electrons. The lowest BCUT2D eigenvalue weighted by molar-refractivity contribution is -0.137. The lowest BCUT2D eigenvalue weighted by Crippen LogP contribution is -2.33. The lowest BCUT2D eigenvalue weighted by atomic mass is 10.1. The smallest absolute Gasteiger partial charge is 0.390 e. The van der Waals surface area contributed by atoms with Crippen molar-refractivity contribution < 1.29 is 17.6 Å². The van der Waals surface area contributed by atoms with E-state index < -0.39 is 29.1 Å². The van der Waals surface area contributed by atoms with Gasteiger partial charge in [0.25, 0.3) is 0 Å². The van der Waals surface area contributed by atoms with Gasteiger partial charge in [-0.1, -0.05) is 23.7 Å². The highest BCUT2D eigenvalue weighted by atomic mass is 35.5. The van der Waals surface area contributed by atoms with E-state index in [-0.39, 0.29) is 16.3 Å². The Hall–Kier alpha value is -2.87. The Labute approximate surface area is 142 Å². The maximum Gasteiger partial charge on any atom is 0.429 e. The fraction of sp³-hybridized carbons (Fsp3) is 0.0625. The molecule has 0 amide bonds. The van der Waals surface area contributed by atoms with Crippen LogP contribution in [0.25, 0.3) is 17.1 Å². The van der Waals surface area contributed by atoms with Gasteiger partial charge in [0.2, 0.25) is 5.89 Å². The van der Waals surface area contributed by atoms with Crippen molar-refractivity contribution in [1.82, 2.24) is 9.55 Å². The monoisotopic (exact) mass is 368 g/mol. The van der Waals surface area contributed by atoms with Crippen LogP contribution in [0.5, 0.6) is 0 Å². The highest BCUT2D eigenvalue weighted by molar-refractivity contribution is 6.30. The third-order valence-electron chi connectivity index (χ3n) is 3.26. The van der Waals surface area contributed by atoms with Crippen LogP contribution in [-0.2, 0) is 6.18 Å². The first-order valence-electron chi connectivity index (χ1n) is 6.83. The third kappa shape index (κ3) is 3.48. The van der Waals surface area contributed by atoms with Crippen LogP contribution in [-0.4, -0.2) is 9.55 Å². The molecule has 0 atom stereocenters. The van der Waals surface area contributed by atoms with Crippen molar-refractivity contribution in [3.63, 3.8) is 0 Å². The summed E-state index contributed by atoms with van der Waals surface area (Å²) in [6, 6.07) is 9.84. The number of halogens is 4. The van der Waals surface area contributed by atoms with Gasteiger partial charge < -0.3 is 4.42 Å². The van der Waals surface area contributed by atoms with Gasteiger partial charge in [-0.2, -0.15) is 22.7 Å². The van der Waals surface area contributed by atoms with Gasteiger partial charge in [0.15, 0.2) is 0 Å². The van der Waals surface area contributed by atoms with Crippen LogP contribution in [0.1, 0.15) is 5.56 Å². The molecule has 0 spiro atoms. The summed E-state index contributed by atoms with van der Waals surface area (Å²) in [5.41, 5.74) is -1.95. The largest absolute Gasteiger partial charge is 0.429 e. The molecule has 1 aromatic heterocycles. The first-order chi connectivity index (χ1) is 11.8. The summed E-state index contributed by atoms with van der Waals surface area (Å²) < 4.78 is 43.9. The molecule has 0 aliphatic carbocycles. The SMILES string of the molecule is O=c1nc(-c2cccc(C(F)(F)F)c2)oc(=O)n1-c1cccc(Cl)c1. The molecule has 1 heterocycles. The predicted molar refractivity (Wildman–Crippen MR) is 83.8 cm³/mol. The molecule has 2 aromatic carbocycles. The molecule has 9 heteroatoms. The summed E-state index contributed by atoms with van der Waals surface area (Å²) in [5.74, 6) is -1.59. The van der Waals surface area contributed by atoms with Crippen LogP contribution in [0, 0.1) is 0 Å². The molecule has 0 aliphatic rings. The maximum atomic E-state index is 12.8. The zero-order chi connectivity index (χ0) is 18.2. The number of hydrogen-bond acceptors (Lipinski definition) is 4. The van der Waals surface area contributed by atoms with Crippen molar-refractivity contribution >= 4 is 11.6 Å². The Balaban J connectivity index is 2.13. The summed E-state index contributed by atoms with van der Waals surface area (Å²) in [7, 11) is 0. The van der Waals surface area contributed by atoms with Crippen LogP contribution in [0.4, 0.5) is 13.2 Å². The highest BCUT2D eigenvalue weighted by Crippen LogP contribution is 2.31. The molecule has 0 saturated carbocycles. The van der Waals surface area contributed by atoms with Gasteiger partial charge in [0.1, 0.15) is 0 Å². The van der Waals surface area contributed by atoms with E-state index in [2.05, 4.69) is 4.98 Å². The van der Waals surface area contributed by atoms with Gasteiger partial charge in [-0.25, -0.2) is 9.59 Å². The molecule has 3 aromatic rings. The summed E-state index contributed by atoms with van der Waals surface area (Å²) in [4.78, 5) is 27.8. The number of alkyl halides is 3. The third-order valence-corrected chi connectivity index (χ3v) is 3.49. The average molecular weight is 369 g/mol. The van der Waals surface area contributed by atoms with Crippen molar-refractivity contribution in [2.75, 3.05) is 0 Å². The number of nitrogens with zero attached hydrogens (tertiary/aromatic N) is 2. The van der Waals surface area contributed by atoms with Crippen molar-refractivity contribution in [2.24, 2.45) is 0 Å². The zero-order valence-electron chi connectivity index (χ0n) is 12.2. The predicted octanol–water partition coefficient (Wildman–Crippen LogP) is 3.52. The fourth-order valence-electron chi connectivity index (χ4n) is 2.15. The van der Waals surface area contributed by atoms with Crippen LogP contribution in [0.2, 0.25) is 5.02 Å². The number of benzene rings is 2. The maximum absolute atomic E-state index is 12.8. The van der Waals surface area contributed by atoms with Gasteiger partial charge in [-0.3, -0.25) is 0 Å². The number of rotatable bonds is 2. The van der Waals surface area contributed by atoms with Gasteiger partial charge in [0.05, 0.1) is 11.3 Å². The molecular weight excluding hydrogens is 361 g/mol. The van der Waals surface area contributed by atoms with Crippen LogP contribution >= 0.6 is 11.6 Å². The van der Waals surface area contributed by atoms with E-state index in [1.807, 2.05) is 0 Å². The lowest BCUT2D eigenvalue weighted by Gasteiger charge is -2.08. The quantitative estimate of drug-likeness (QED) is 0.694. The van der Waals surface area contributed by atoms with E-state index in [1.165, 1.54) is 24.3 Å². The second kappa shape index (κ2) is 6.21. The van der Waals surface area contributed by atoms with Gasteiger partial charge in [-0.05, 0) is 36.4 Å². The summed E-state index contributed by atoms with van der Waals surface area (Å²) in [5, 5.41) is 0.283. The normalized spacial score (nSPS) is 11.5. The number of aromatic nitrogens is 2. The Morgan fingerprint density at radius 1 is 1.04 bits per heavy atom. The van der Waals surface area contributed by atoms with Gasteiger partial charge in [0, 0.05) is 10.6 Å². The topological polar surface area (TPSA) is 65.1 Å². The Kier molecular flexibility index (Phi) is 4.22. The van der Waals surface area contributed by atoms with Crippen molar-refractivity contribution in [2.45, 2.75) is 6.18 Å². The molecule has 0 aliphatic heterocycles. The first-order valence-corrected chi connectivity index (χ1v) is 7.21. The second-order valence-corrected chi connectivity index (χ2v) is 5.40. The van der Waals surface area contributed by atoms with Crippen molar-refractivity contribution in [3.8, 4) is 17.1 Å². The molecule has 5 nitrogen and oxygen atoms in total. The molecule has 0 unspecified atom stereocenters. The molecule has 0 N–H and O–H groups in total. The number of hydrogen-bond donors (Lipinski definition) is 0. The minimum atomic E-state index is -4.58. The minimum absolute atomic E-state index is 0.134. The fourth-order valence-corrected chi connectivity index (χ4v) is 2.33. The van der Waals surface area contributed by atoms with Crippen molar-refractivity contribution in [1.29, 1.82) is 0 Å². The average Bonchev–Trinajstić information content (AvgIpc) is 2.53. The van der Waals surface area contributed by atoms with Crippen LogP contribution in [0.15, 0.2) is 62.5 Å². The van der Waals surface area contributed by atoms with E-state index in [4.69, 9.17) is 16.0 Å². The second-order valence-electron chi connectivity index (χ2n) is 4.96. The van der Waals surface area contributed by atoms with Crippen LogP contribution in [0.3, 0.4) is 0 Å². The van der Waals surface area contributed by atoms with Crippen LogP contribution < -0.4 is 11.4 Å². The molecule has 0 bridgehead atoms. The Morgan fingerprint density at radius 3 is 2.40 bits per heavy atom. The van der Waals surface area contributed by atoms with E-state index in [0.29, 0.717) is 4.57 Å². The first kappa shape index (κ1) is 17.0.